The maximum Gasteiger partial charge on any atom is 0.249 e. The summed E-state index contributed by atoms with van der Waals surface area (Å²) in [6.45, 7) is 3.15. The van der Waals surface area contributed by atoms with E-state index in [9.17, 15) is 0 Å². The molecular weight excluding hydrogens is 330 g/mol. The molecule has 4 rings (SSSR count). The summed E-state index contributed by atoms with van der Waals surface area (Å²) in [6, 6.07) is 9.66. The van der Waals surface area contributed by atoms with Crippen molar-refractivity contribution in [3.63, 3.8) is 0 Å². The highest BCUT2D eigenvalue weighted by Gasteiger charge is 2.21. The average molecular weight is 351 g/mol. The lowest BCUT2D eigenvalue weighted by Crippen LogP contribution is -2.36. The highest BCUT2D eigenvalue weighted by molar-refractivity contribution is 5.49. The van der Waals surface area contributed by atoms with Crippen LogP contribution >= 0.6 is 0 Å². The molecule has 0 atom stereocenters. The minimum atomic E-state index is 0.280. The van der Waals surface area contributed by atoms with E-state index < -0.39 is 0 Å². The second-order valence-corrected chi connectivity index (χ2v) is 6.35. The second kappa shape index (κ2) is 8.16. The molecule has 0 saturated carbocycles. The largest absolute Gasteiger partial charge is 0.419 e. The Kier molecular flexibility index (Phi) is 5.27. The van der Waals surface area contributed by atoms with Gasteiger partial charge in [-0.15, -0.1) is 10.2 Å². The first kappa shape index (κ1) is 16.8. The number of rotatable bonds is 6. The van der Waals surface area contributed by atoms with Gasteiger partial charge in [0.15, 0.2) is 0 Å². The number of hydrogen-bond donors (Lipinski definition) is 0. The zero-order chi connectivity index (χ0) is 17.6. The molecule has 0 bridgehead atoms. The quantitative estimate of drug-likeness (QED) is 0.676. The van der Waals surface area contributed by atoms with Crippen LogP contribution in [-0.2, 0) is 17.9 Å². The molecule has 0 N–H and O–H groups in total. The van der Waals surface area contributed by atoms with Gasteiger partial charge in [-0.25, -0.2) is 0 Å². The van der Waals surface area contributed by atoms with E-state index in [0.717, 1.165) is 37.2 Å². The van der Waals surface area contributed by atoms with Crippen molar-refractivity contribution in [2.45, 2.75) is 32.1 Å². The van der Waals surface area contributed by atoms with Gasteiger partial charge in [-0.1, -0.05) is 6.07 Å². The number of pyridine rings is 2. The van der Waals surface area contributed by atoms with Gasteiger partial charge in [0.2, 0.25) is 11.8 Å². The summed E-state index contributed by atoms with van der Waals surface area (Å²) in [6.07, 6.45) is 7.52. The summed E-state index contributed by atoms with van der Waals surface area (Å²) >= 11 is 0. The molecule has 7 nitrogen and oxygen atoms in total. The van der Waals surface area contributed by atoms with Gasteiger partial charge in [-0.3, -0.25) is 14.9 Å². The minimum absolute atomic E-state index is 0.280. The molecule has 0 aliphatic carbocycles. The van der Waals surface area contributed by atoms with Crippen LogP contribution in [0.25, 0.3) is 11.5 Å². The molecular formula is C19H21N5O2. The van der Waals surface area contributed by atoms with Crippen molar-refractivity contribution in [2.75, 3.05) is 13.1 Å². The van der Waals surface area contributed by atoms with Crippen molar-refractivity contribution >= 4 is 0 Å². The average Bonchev–Trinajstić information content (AvgIpc) is 3.17. The first-order chi connectivity index (χ1) is 12.9. The fourth-order valence-electron chi connectivity index (χ4n) is 3.04. The fraction of sp³-hybridized carbons (Fsp3) is 0.368. The molecule has 0 radical (unpaired) electrons. The number of hydrogen-bond acceptors (Lipinski definition) is 7. The maximum atomic E-state index is 5.98. The molecule has 1 aliphatic rings. The Balaban J connectivity index is 1.25. The molecule has 134 valence electrons. The van der Waals surface area contributed by atoms with E-state index in [-0.39, 0.29) is 6.10 Å². The normalized spacial score (nSPS) is 16.0. The Labute approximate surface area is 152 Å². The number of piperidine rings is 1. The summed E-state index contributed by atoms with van der Waals surface area (Å²) in [5, 5.41) is 8.27. The van der Waals surface area contributed by atoms with E-state index >= 15 is 0 Å². The van der Waals surface area contributed by atoms with E-state index in [0.29, 0.717) is 24.9 Å². The number of aromatic nitrogens is 4. The highest BCUT2D eigenvalue weighted by atomic mass is 16.5. The molecule has 0 aromatic carbocycles. The summed E-state index contributed by atoms with van der Waals surface area (Å²) in [7, 11) is 0. The lowest BCUT2D eigenvalue weighted by molar-refractivity contribution is -0.00652. The Morgan fingerprint density at radius 3 is 2.77 bits per heavy atom. The Hall–Kier alpha value is -2.64. The number of nitrogens with zero attached hydrogens (tertiary/aromatic N) is 5. The van der Waals surface area contributed by atoms with Gasteiger partial charge in [0.25, 0.3) is 0 Å². The van der Waals surface area contributed by atoms with Gasteiger partial charge in [-0.2, -0.15) is 0 Å². The molecule has 1 aliphatic heterocycles. The molecule has 0 amide bonds. The molecule has 7 heteroatoms. The zero-order valence-electron chi connectivity index (χ0n) is 14.5. The molecule has 4 heterocycles. The Morgan fingerprint density at radius 2 is 2.00 bits per heavy atom. The molecule has 0 unspecified atom stereocenters. The molecule has 3 aromatic heterocycles. The lowest BCUT2D eigenvalue weighted by atomic mass is 10.1. The van der Waals surface area contributed by atoms with Crippen LogP contribution in [0.5, 0.6) is 0 Å². The summed E-state index contributed by atoms with van der Waals surface area (Å²) in [4.78, 5) is 10.7. The third-order valence-electron chi connectivity index (χ3n) is 4.46. The topological polar surface area (TPSA) is 77.2 Å². The fourth-order valence-corrected chi connectivity index (χ4v) is 3.04. The van der Waals surface area contributed by atoms with Crippen molar-refractivity contribution in [1.82, 2.24) is 25.1 Å². The number of ether oxygens (including phenoxy) is 1. The first-order valence-corrected chi connectivity index (χ1v) is 8.83. The monoisotopic (exact) mass is 351 g/mol. The van der Waals surface area contributed by atoms with Crippen LogP contribution in [0, 0.1) is 0 Å². The molecule has 1 fully saturated rings. The van der Waals surface area contributed by atoms with Crippen molar-refractivity contribution in [2.24, 2.45) is 0 Å². The Bertz CT molecular complexity index is 801. The summed E-state index contributed by atoms with van der Waals surface area (Å²) in [5.41, 5.74) is 1.82. The molecule has 26 heavy (non-hydrogen) atoms. The smallest absolute Gasteiger partial charge is 0.249 e. The number of likely N-dealkylation sites (tertiary alicyclic amines) is 1. The van der Waals surface area contributed by atoms with Gasteiger partial charge in [-0.05, 0) is 37.1 Å². The lowest BCUT2D eigenvalue weighted by Gasteiger charge is -2.30. The predicted octanol–water partition coefficient (Wildman–Crippen LogP) is 2.71. The third-order valence-corrected chi connectivity index (χ3v) is 4.46. The molecule has 1 saturated heterocycles. The van der Waals surface area contributed by atoms with Gasteiger partial charge >= 0.3 is 0 Å². The van der Waals surface area contributed by atoms with Crippen LogP contribution in [-0.4, -0.2) is 44.3 Å². The van der Waals surface area contributed by atoms with Crippen LogP contribution in [0.3, 0.4) is 0 Å². The Morgan fingerprint density at radius 1 is 1.08 bits per heavy atom. The van der Waals surface area contributed by atoms with Crippen LogP contribution in [0.15, 0.2) is 53.3 Å². The van der Waals surface area contributed by atoms with E-state index in [1.165, 1.54) is 0 Å². The van der Waals surface area contributed by atoms with E-state index in [4.69, 9.17) is 9.15 Å². The van der Waals surface area contributed by atoms with E-state index in [1.807, 2.05) is 30.3 Å². The van der Waals surface area contributed by atoms with Gasteiger partial charge in [0.1, 0.15) is 0 Å². The zero-order valence-corrected chi connectivity index (χ0v) is 14.5. The van der Waals surface area contributed by atoms with Crippen molar-refractivity contribution < 1.29 is 9.15 Å². The van der Waals surface area contributed by atoms with Crippen molar-refractivity contribution in [1.29, 1.82) is 0 Å². The summed E-state index contributed by atoms with van der Waals surface area (Å²) in [5.74, 6) is 1.15. The standard InChI is InChI=1S/C19H21N5O2/c1-2-9-21-16(5-1)14-25-17-6-10-24(11-7-17)13-18-22-23-19(26-18)15-4-3-8-20-12-15/h1-5,8-9,12,17H,6-7,10-11,13-14H2. The van der Waals surface area contributed by atoms with Crippen LogP contribution < -0.4 is 0 Å². The van der Waals surface area contributed by atoms with Crippen LogP contribution in [0.1, 0.15) is 24.4 Å². The van der Waals surface area contributed by atoms with E-state index in [1.54, 1.807) is 18.6 Å². The third kappa shape index (κ3) is 4.30. The minimum Gasteiger partial charge on any atom is -0.419 e. The summed E-state index contributed by atoms with van der Waals surface area (Å²) < 4.78 is 11.7. The van der Waals surface area contributed by atoms with Crippen LogP contribution in [0.4, 0.5) is 0 Å². The van der Waals surface area contributed by atoms with Gasteiger partial charge in [0, 0.05) is 31.7 Å². The van der Waals surface area contributed by atoms with Crippen molar-refractivity contribution in [3.8, 4) is 11.5 Å². The second-order valence-electron chi connectivity index (χ2n) is 6.35. The first-order valence-electron chi connectivity index (χ1n) is 8.83. The highest BCUT2D eigenvalue weighted by Crippen LogP contribution is 2.20. The van der Waals surface area contributed by atoms with Gasteiger partial charge < -0.3 is 9.15 Å². The molecule has 0 spiro atoms. The SMILES string of the molecule is c1ccc(COC2CCN(Cc3nnc(-c4cccnc4)o3)CC2)nc1. The predicted molar refractivity (Wildman–Crippen MR) is 94.9 cm³/mol. The van der Waals surface area contributed by atoms with Crippen molar-refractivity contribution in [3.05, 3.63) is 60.5 Å². The van der Waals surface area contributed by atoms with E-state index in [2.05, 4.69) is 25.1 Å². The van der Waals surface area contributed by atoms with Crippen LogP contribution in [0.2, 0.25) is 0 Å². The molecule has 3 aromatic rings. The maximum absolute atomic E-state index is 5.98. The van der Waals surface area contributed by atoms with Gasteiger partial charge in [0.05, 0.1) is 30.5 Å².